The summed E-state index contributed by atoms with van der Waals surface area (Å²) in [5.41, 5.74) is 2.22. The van der Waals surface area contributed by atoms with Crippen molar-refractivity contribution >= 4 is 5.97 Å². The van der Waals surface area contributed by atoms with Gasteiger partial charge in [-0.05, 0) is 17.9 Å². The molecule has 2 aliphatic heterocycles. The molecule has 1 aliphatic carbocycles. The quantitative estimate of drug-likeness (QED) is 0.817. The van der Waals surface area contributed by atoms with Crippen molar-refractivity contribution in [2.24, 2.45) is 11.8 Å². The van der Waals surface area contributed by atoms with Crippen LogP contribution in [0.2, 0.25) is 0 Å². The van der Waals surface area contributed by atoms with Crippen LogP contribution in [0.15, 0.2) is 24.3 Å². The van der Waals surface area contributed by atoms with Gasteiger partial charge in [0.15, 0.2) is 6.29 Å². The van der Waals surface area contributed by atoms with E-state index >= 15 is 0 Å². The Labute approximate surface area is 159 Å². The Morgan fingerprint density at radius 3 is 2.52 bits per heavy atom. The molecular weight excluding hydrogens is 348 g/mol. The van der Waals surface area contributed by atoms with Crippen LogP contribution in [0.1, 0.15) is 45.1 Å². The van der Waals surface area contributed by atoms with Gasteiger partial charge in [0.25, 0.3) is 0 Å². The summed E-state index contributed by atoms with van der Waals surface area (Å²) in [6, 6.07) is 8.16. The van der Waals surface area contributed by atoms with Crippen LogP contribution in [-0.4, -0.2) is 48.7 Å². The summed E-state index contributed by atoms with van der Waals surface area (Å²) in [4.78, 5) is 12.0. The lowest BCUT2D eigenvalue weighted by atomic mass is 9.86. The third-order valence-corrected chi connectivity index (χ3v) is 5.74. The van der Waals surface area contributed by atoms with Crippen molar-refractivity contribution in [2.45, 2.75) is 63.8 Å². The molecule has 0 amide bonds. The second-order valence-corrected chi connectivity index (χ2v) is 8.62. The Balaban J connectivity index is 1.45. The molecule has 27 heavy (non-hydrogen) atoms. The zero-order valence-corrected chi connectivity index (χ0v) is 16.3. The predicted octanol–water partition coefficient (Wildman–Crippen LogP) is 2.34. The maximum atomic E-state index is 12.0. The maximum Gasteiger partial charge on any atom is 0.312 e. The summed E-state index contributed by atoms with van der Waals surface area (Å²) >= 11 is 0. The van der Waals surface area contributed by atoms with Crippen LogP contribution in [-0.2, 0) is 29.2 Å². The van der Waals surface area contributed by atoms with Gasteiger partial charge in [-0.15, -0.1) is 0 Å². The van der Waals surface area contributed by atoms with E-state index in [0.717, 1.165) is 5.56 Å². The first-order valence-corrected chi connectivity index (χ1v) is 9.69. The van der Waals surface area contributed by atoms with Gasteiger partial charge in [-0.1, -0.05) is 45.0 Å². The highest BCUT2D eigenvalue weighted by Crippen LogP contribution is 2.52. The van der Waals surface area contributed by atoms with Gasteiger partial charge >= 0.3 is 5.97 Å². The molecule has 1 aromatic rings. The van der Waals surface area contributed by atoms with E-state index in [1.165, 1.54) is 5.56 Å². The molecule has 1 unspecified atom stereocenters. The van der Waals surface area contributed by atoms with Gasteiger partial charge in [0.2, 0.25) is 0 Å². The Kier molecular flexibility index (Phi) is 4.79. The Morgan fingerprint density at radius 1 is 1.19 bits per heavy atom. The first kappa shape index (κ1) is 18.9. The fraction of sp³-hybridized carbons (Fsp3) is 0.667. The average molecular weight is 376 g/mol. The molecule has 2 heterocycles. The van der Waals surface area contributed by atoms with Gasteiger partial charge in [-0.3, -0.25) is 4.79 Å². The van der Waals surface area contributed by atoms with Gasteiger partial charge in [-0.25, -0.2) is 0 Å². The van der Waals surface area contributed by atoms with Crippen molar-refractivity contribution in [2.75, 3.05) is 13.2 Å². The molecule has 6 nitrogen and oxygen atoms in total. The lowest BCUT2D eigenvalue weighted by molar-refractivity contribution is -0.300. The number of aliphatic hydroxyl groups is 1. The van der Waals surface area contributed by atoms with Crippen LogP contribution in [0.3, 0.4) is 0 Å². The van der Waals surface area contributed by atoms with E-state index in [2.05, 4.69) is 32.9 Å². The summed E-state index contributed by atoms with van der Waals surface area (Å²) in [6.07, 6.45) is -2.48. The smallest absolute Gasteiger partial charge is 0.312 e. The first-order valence-electron chi connectivity index (χ1n) is 9.69. The molecule has 1 aromatic carbocycles. The number of benzene rings is 1. The van der Waals surface area contributed by atoms with Gasteiger partial charge in [0, 0.05) is 11.5 Å². The third-order valence-electron chi connectivity index (χ3n) is 5.74. The van der Waals surface area contributed by atoms with E-state index in [9.17, 15) is 9.90 Å². The van der Waals surface area contributed by atoms with Crippen LogP contribution >= 0.6 is 0 Å². The van der Waals surface area contributed by atoms with E-state index in [4.69, 9.17) is 18.9 Å². The molecule has 0 radical (unpaired) electrons. The molecule has 148 valence electrons. The van der Waals surface area contributed by atoms with E-state index in [1.807, 2.05) is 12.1 Å². The van der Waals surface area contributed by atoms with Gasteiger partial charge in [0.05, 0.1) is 31.3 Å². The minimum Gasteiger partial charge on any atom is -0.466 e. The summed E-state index contributed by atoms with van der Waals surface area (Å²) in [6.45, 7) is 8.93. The molecule has 4 rings (SSSR count). The van der Waals surface area contributed by atoms with E-state index in [1.54, 1.807) is 6.92 Å². The SMILES string of the molecule is CCOC(=O)[C@@H]1[C@H]2O[C@@H]3COC(c4ccc(C(C)(C)C)cc4)O[C@H]3[C@H](O)[C@H]21. The molecule has 0 aromatic heterocycles. The van der Waals surface area contributed by atoms with Crippen molar-refractivity contribution < 1.29 is 28.8 Å². The monoisotopic (exact) mass is 376 g/mol. The molecular formula is C21H28O6. The number of rotatable bonds is 3. The van der Waals surface area contributed by atoms with Crippen LogP contribution in [0.4, 0.5) is 0 Å². The van der Waals surface area contributed by atoms with Crippen LogP contribution in [0, 0.1) is 11.8 Å². The largest absolute Gasteiger partial charge is 0.466 e. The zero-order valence-electron chi connectivity index (χ0n) is 16.3. The summed E-state index contributed by atoms with van der Waals surface area (Å²) in [5, 5.41) is 10.7. The van der Waals surface area contributed by atoms with Gasteiger partial charge in [-0.2, -0.15) is 0 Å². The van der Waals surface area contributed by atoms with Gasteiger partial charge < -0.3 is 24.1 Å². The normalized spacial score (nSPS) is 37.9. The molecule has 7 atom stereocenters. The van der Waals surface area contributed by atoms with Crippen molar-refractivity contribution in [3.63, 3.8) is 0 Å². The third kappa shape index (κ3) is 3.40. The highest BCUT2D eigenvalue weighted by molar-refractivity contribution is 5.77. The van der Waals surface area contributed by atoms with E-state index < -0.39 is 24.4 Å². The maximum absolute atomic E-state index is 12.0. The number of ether oxygens (including phenoxy) is 4. The van der Waals surface area contributed by atoms with E-state index in [0.29, 0.717) is 13.2 Å². The number of esters is 1. The molecule has 3 fully saturated rings. The number of carbonyl (C=O) groups is 1. The van der Waals surface area contributed by atoms with Crippen molar-refractivity contribution in [1.82, 2.24) is 0 Å². The molecule has 3 aliphatic rings. The van der Waals surface area contributed by atoms with Crippen LogP contribution in [0.25, 0.3) is 0 Å². The Morgan fingerprint density at radius 2 is 1.89 bits per heavy atom. The minimum absolute atomic E-state index is 0.0778. The number of carbonyl (C=O) groups excluding carboxylic acids is 1. The number of hydrogen-bond acceptors (Lipinski definition) is 6. The second-order valence-electron chi connectivity index (χ2n) is 8.62. The molecule has 1 saturated carbocycles. The van der Waals surface area contributed by atoms with Crippen molar-refractivity contribution in [3.05, 3.63) is 35.4 Å². The summed E-state index contributed by atoms with van der Waals surface area (Å²) in [5.74, 6) is -0.966. The van der Waals surface area contributed by atoms with Crippen LogP contribution < -0.4 is 0 Å². The topological polar surface area (TPSA) is 74.2 Å². The van der Waals surface area contributed by atoms with E-state index in [-0.39, 0.29) is 29.5 Å². The standard InChI is InChI=1S/C21H28O6/c1-5-24-19(23)15-14-16(22)17-13(26-18(14)15)10-25-20(27-17)11-6-8-12(9-7-11)21(2,3)4/h6-9,13-18,20,22H,5,10H2,1-4H3/t13-,14-,15+,16-,17-,18+,20?/m1/s1. The predicted molar refractivity (Wildman–Crippen MR) is 97.0 cm³/mol. The highest BCUT2D eigenvalue weighted by atomic mass is 16.7. The Hall–Kier alpha value is -1.47. The van der Waals surface area contributed by atoms with Gasteiger partial charge in [0.1, 0.15) is 12.2 Å². The van der Waals surface area contributed by atoms with Crippen molar-refractivity contribution in [1.29, 1.82) is 0 Å². The molecule has 1 N–H and O–H groups in total. The number of hydrogen-bond donors (Lipinski definition) is 1. The van der Waals surface area contributed by atoms with Crippen molar-refractivity contribution in [3.8, 4) is 0 Å². The summed E-state index contributed by atoms with van der Waals surface area (Å²) in [7, 11) is 0. The fourth-order valence-corrected chi connectivity index (χ4v) is 4.12. The summed E-state index contributed by atoms with van der Waals surface area (Å²) < 4.78 is 22.9. The van der Waals surface area contributed by atoms with Crippen LogP contribution in [0.5, 0.6) is 0 Å². The molecule has 0 bridgehead atoms. The first-order chi connectivity index (χ1) is 12.8. The molecule has 6 heteroatoms. The highest BCUT2D eigenvalue weighted by Gasteiger charge is 2.67. The second kappa shape index (κ2) is 6.85. The zero-order chi connectivity index (χ0) is 19.3. The number of fused-ring (bicyclic) bond motifs is 2. The lowest BCUT2D eigenvalue weighted by Crippen LogP contribution is -2.53. The molecule has 0 spiro atoms. The molecule has 2 saturated heterocycles. The Bertz CT molecular complexity index is 694. The average Bonchev–Trinajstić information content (AvgIpc) is 3.36. The number of aliphatic hydroxyl groups excluding tert-OH is 1. The fourth-order valence-electron chi connectivity index (χ4n) is 4.12. The lowest BCUT2D eigenvalue weighted by Gasteiger charge is -2.41. The minimum atomic E-state index is -0.761.